The molecule has 0 heterocycles. The van der Waals surface area contributed by atoms with Crippen LogP contribution in [0, 0.1) is 5.82 Å². The zero-order valence-corrected chi connectivity index (χ0v) is 11.0. The summed E-state index contributed by atoms with van der Waals surface area (Å²) < 4.78 is 18.1. The highest BCUT2D eigenvalue weighted by Gasteiger charge is 2.14. The molecule has 0 radical (unpaired) electrons. The van der Waals surface area contributed by atoms with Crippen LogP contribution in [0.3, 0.4) is 0 Å². The number of methoxy groups -OCH3 is 1. The average Bonchev–Trinajstić information content (AvgIpc) is 2.29. The van der Waals surface area contributed by atoms with E-state index in [2.05, 4.69) is 21.2 Å². The lowest BCUT2D eigenvalue weighted by Gasteiger charge is -2.12. The number of carbonyl (C=O) groups excluding carboxylic acids is 1. The van der Waals surface area contributed by atoms with E-state index in [1.54, 1.807) is 7.11 Å². The lowest BCUT2D eigenvalue weighted by molar-refractivity contribution is -0.117. The van der Waals surface area contributed by atoms with E-state index >= 15 is 0 Å². The number of halogens is 2. The summed E-state index contributed by atoms with van der Waals surface area (Å²) in [5.41, 5.74) is 6.14. The largest absolute Gasteiger partial charge is 0.385 e. The molecule has 0 aliphatic heterocycles. The van der Waals surface area contributed by atoms with Gasteiger partial charge in [-0.1, -0.05) is 0 Å². The van der Waals surface area contributed by atoms with Crippen molar-refractivity contribution in [3.63, 3.8) is 0 Å². The van der Waals surface area contributed by atoms with Crippen LogP contribution in [0.5, 0.6) is 0 Å². The number of rotatable bonds is 5. The van der Waals surface area contributed by atoms with Crippen molar-refractivity contribution in [1.82, 2.24) is 0 Å². The molecule has 1 aromatic rings. The Morgan fingerprint density at radius 1 is 1.65 bits per heavy atom. The Kier molecular flexibility index (Phi) is 5.54. The van der Waals surface area contributed by atoms with E-state index in [0.29, 0.717) is 23.2 Å². The molecule has 0 saturated heterocycles. The van der Waals surface area contributed by atoms with Crippen molar-refractivity contribution in [2.24, 2.45) is 5.73 Å². The molecule has 1 atom stereocenters. The molecule has 0 aliphatic carbocycles. The molecule has 0 spiro atoms. The van der Waals surface area contributed by atoms with Crippen LogP contribution in [0.1, 0.15) is 6.42 Å². The van der Waals surface area contributed by atoms with E-state index < -0.39 is 6.04 Å². The van der Waals surface area contributed by atoms with Crippen molar-refractivity contribution >= 4 is 27.5 Å². The minimum Gasteiger partial charge on any atom is -0.385 e. The summed E-state index contributed by atoms with van der Waals surface area (Å²) in [4.78, 5) is 11.6. The Bertz CT molecular complexity index is 401. The maximum absolute atomic E-state index is 12.8. The van der Waals surface area contributed by atoms with Gasteiger partial charge in [-0.2, -0.15) is 0 Å². The van der Waals surface area contributed by atoms with Crippen LogP contribution in [0.25, 0.3) is 0 Å². The third-order valence-corrected chi connectivity index (χ3v) is 2.81. The fraction of sp³-hybridized carbons (Fsp3) is 0.364. The van der Waals surface area contributed by atoms with E-state index in [1.165, 1.54) is 18.2 Å². The lowest BCUT2D eigenvalue weighted by Crippen LogP contribution is -2.36. The van der Waals surface area contributed by atoms with E-state index in [-0.39, 0.29) is 11.7 Å². The summed E-state index contributed by atoms with van der Waals surface area (Å²) in [5.74, 6) is -0.701. The van der Waals surface area contributed by atoms with E-state index in [1.807, 2.05) is 0 Å². The van der Waals surface area contributed by atoms with Crippen LogP contribution in [0.15, 0.2) is 22.7 Å². The van der Waals surface area contributed by atoms with Crippen LogP contribution in [-0.2, 0) is 9.53 Å². The highest BCUT2D eigenvalue weighted by atomic mass is 79.9. The van der Waals surface area contributed by atoms with Crippen molar-refractivity contribution in [2.45, 2.75) is 12.5 Å². The highest BCUT2D eigenvalue weighted by molar-refractivity contribution is 9.10. The van der Waals surface area contributed by atoms with Crippen molar-refractivity contribution in [3.05, 3.63) is 28.5 Å². The van der Waals surface area contributed by atoms with Crippen LogP contribution in [-0.4, -0.2) is 25.7 Å². The molecule has 0 saturated carbocycles. The molecular formula is C11H14BrFN2O2. The van der Waals surface area contributed by atoms with Gasteiger partial charge >= 0.3 is 0 Å². The standard InChI is InChI=1S/C11H14BrFN2O2/c1-17-5-4-9(14)11(16)15-10-3-2-7(13)6-8(10)12/h2-3,6,9H,4-5,14H2,1H3,(H,15,16). The Hall–Kier alpha value is -0.980. The molecule has 0 bridgehead atoms. The summed E-state index contributed by atoms with van der Waals surface area (Å²) in [7, 11) is 1.54. The van der Waals surface area contributed by atoms with Crippen LogP contribution in [0.2, 0.25) is 0 Å². The number of nitrogens with one attached hydrogen (secondary N) is 1. The van der Waals surface area contributed by atoms with Gasteiger partial charge in [-0.15, -0.1) is 0 Å². The Morgan fingerprint density at radius 3 is 2.94 bits per heavy atom. The van der Waals surface area contributed by atoms with E-state index in [9.17, 15) is 9.18 Å². The number of nitrogens with two attached hydrogens (primary N) is 1. The van der Waals surface area contributed by atoms with Crippen LogP contribution >= 0.6 is 15.9 Å². The third kappa shape index (κ3) is 4.41. The molecular weight excluding hydrogens is 291 g/mol. The van der Waals surface area contributed by atoms with Crippen LogP contribution < -0.4 is 11.1 Å². The molecule has 1 rings (SSSR count). The predicted molar refractivity (Wildman–Crippen MR) is 67.2 cm³/mol. The second kappa shape index (κ2) is 6.68. The van der Waals surface area contributed by atoms with E-state index in [4.69, 9.17) is 10.5 Å². The number of carbonyl (C=O) groups is 1. The monoisotopic (exact) mass is 304 g/mol. The maximum atomic E-state index is 12.8. The average molecular weight is 305 g/mol. The number of hydrogen-bond acceptors (Lipinski definition) is 3. The number of ether oxygens (including phenoxy) is 1. The van der Waals surface area contributed by atoms with Crippen LogP contribution in [0.4, 0.5) is 10.1 Å². The van der Waals surface area contributed by atoms with Gasteiger partial charge in [-0.25, -0.2) is 4.39 Å². The number of benzene rings is 1. The van der Waals surface area contributed by atoms with Crippen molar-refractivity contribution in [2.75, 3.05) is 19.0 Å². The lowest BCUT2D eigenvalue weighted by atomic mass is 10.2. The molecule has 0 fully saturated rings. The molecule has 1 amide bonds. The van der Waals surface area contributed by atoms with Gasteiger partial charge in [-0.05, 0) is 40.5 Å². The number of anilines is 1. The zero-order chi connectivity index (χ0) is 12.8. The number of hydrogen-bond donors (Lipinski definition) is 2. The molecule has 6 heteroatoms. The third-order valence-electron chi connectivity index (χ3n) is 2.16. The summed E-state index contributed by atoms with van der Waals surface area (Å²) in [6.45, 7) is 0.416. The van der Waals surface area contributed by atoms with Gasteiger partial charge in [0, 0.05) is 18.2 Å². The smallest absolute Gasteiger partial charge is 0.241 e. The topological polar surface area (TPSA) is 64.3 Å². The Labute approximate surface area is 107 Å². The van der Waals surface area contributed by atoms with Gasteiger partial charge in [-0.3, -0.25) is 4.79 Å². The fourth-order valence-electron chi connectivity index (χ4n) is 1.19. The summed E-state index contributed by atoms with van der Waals surface area (Å²) in [6, 6.07) is 3.37. The second-order valence-electron chi connectivity index (χ2n) is 3.50. The highest BCUT2D eigenvalue weighted by Crippen LogP contribution is 2.23. The van der Waals surface area contributed by atoms with Gasteiger partial charge in [0.05, 0.1) is 11.7 Å². The molecule has 3 N–H and O–H groups in total. The first-order valence-corrected chi connectivity index (χ1v) is 5.84. The van der Waals surface area contributed by atoms with Crippen molar-refractivity contribution in [1.29, 1.82) is 0 Å². The van der Waals surface area contributed by atoms with Gasteiger partial charge in [0.2, 0.25) is 5.91 Å². The molecule has 0 aromatic heterocycles. The van der Waals surface area contributed by atoms with Crippen molar-refractivity contribution in [3.8, 4) is 0 Å². The quantitative estimate of drug-likeness (QED) is 0.873. The zero-order valence-electron chi connectivity index (χ0n) is 9.37. The fourth-order valence-corrected chi connectivity index (χ4v) is 1.64. The van der Waals surface area contributed by atoms with E-state index in [0.717, 1.165) is 0 Å². The summed E-state index contributed by atoms with van der Waals surface area (Å²) in [6.07, 6.45) is 0.432. The maximum Gasteiger partial charge on any atom is 0.241 e. The molecule has 1 aromatic carbocycles. The first kappa shape index (κ1) is 14.1. The first-order chi connectivity index (χ1) is 8.04. The summed E-state index contributed by atoms with van der Waals surface area (Å²) >= 11 is 3.16. The Balaban J connectivity index is 2.61. The first-order valence-electron chi connectivity index (χ1n) is 5.05. The van der Waals surface area contributed by atoms with Gasteiger partial charge in [0.25, 0.3) is 0 Å². The number of amides is 1. The molecule has 4 nitrogen and oxygen atoms in total. The normalized spacial score (nSPS) is 12.2. The van der Waals surface area contributed by atoms with Gasteiger partial charge in [0.15, 0.2) is 0 Å². The minimum atomic E-state index is -0.646. The second-order valence-corrected chi connectivity index (χ2v) is 4.36. The molecule has 1 unspecified atom stereocenters. The minimum absolute atomic E-state index is 0.325. The van der Waals surface area contributed by atoms with Gasteiger partial charge in [0.1, 0.15) is 5.82 Å². The summed E-state index contributed by atoms with van der Waals surface area (Å²) in [5, 5.41) is 2.61. The SMILES string of the molecule is COCCC(N)C(=O)Nc1ccc(F)cc1Br. The van der Waals surface area contributed by atoms with Gasteiger partial charge < -0.3 is 15.8 Å². The molecule has 0 aliphatic rings. The Morgan fingerprint density at radius 2 is 2.35 bits per heavy atom. The molecule has 17 heavy (non-hydrogen) atoms. The van der Waals surface area contributed by atoms with Crippen molar-refractivity contribution < 1.29 is 13.9 Å². The predicted octanol–water partition coefficient (Wildman–Crippen LogP) is 1.89. The molecule has 94 valence electrons.